The summed E-state index contributed by atoms with van der Waals surface area (Å²) in [6.45, 7) is 19.7. The number of benzene rings is 1. The van der Waals surface area contributed by atoms with Crippen molar-refractivity contribution in [2.45, 2.75) is 73.1 Å². The average Bonchev–Trinajstić information content (AvgIpc) is 2.41. The highest BCUT2D eigenvalue weighted by molar-refractivity contribution is 5.33. The van der Waals surface area contributed by atoms with Crippen molar-refractivity contribution in [2.24, 2.45) is 0 Å². The Morgan fingerprint density at radius 2 is 1.17 bits per heavy atom. The van der Waals surface area contributed by atoms with E-state index in [1.807, 2.05) is 13.1 Å². The molecule has 0 aliphatic carbocycles. The monoisotopic (exact) mass is 311 g/mol. The van der Waals surface area contributed by atoms with Gasteiger partial charge in [-0.25, -0.2) is 0 Å². The van der Waals surface area contributed by atoms with Crippen LogP contribution >= 0.6 is 0 Å². The van der Waals surface area contributed by atoms with Gasteiger partial charge in [0.15, 0.2) is 0 Å². The molecule has 0 N–H and O–H groups in total. The number of rotatable bonds is 0. The molecule has 0 atom stereocenters. The van der Waals surface area contributed by atoms with E-state index in [-0.39, 0.29) is 10.8 Å². The van der Waals surface area contributed by atoms with E-state index in [0.717, 1.165) is 5.69 Å². The van der Waals surface area contributed by atoms with E-state index < -0.39 is 0 Å². The van der Waals surface area contributed by atoms with Crippen LogP contribution < -0.4 is 0 Å². The lowest BCUT2D eigenvalue weighted by Gasteiger charge is -2.19. The second-order valence-corrected chi connectivity index (χ2v) is 8.49. The van der Waals surface area contributed by atoms with Gasteiger partial charge in [-0.15, -0.1) is 0 Å². The van der Waals surface area contributed by atoms with Gasteiger partial charge in [0.2, 0.25) is 0 Å². The number of pyridine rings is 1. The number of hydrogen-bond donors (Lipinski definition) is 0. The van der Waals surface area contributed by atoms with Crippen molar-refractivity contribution in [2.75, 3.05) is 0 Å². The molecule has 0 amide bonds. The van der Waals surface area contributed by atoms with Gasteiger partial charge >= 0.3 is 0 Å². The van der Waals surface area contributed by atoms with Gasteiger partial charge in [0.25, 0.3) is 0 Å². The summed E-state index contributed by atoms with van der Waals surface area (Å²) in [6, 6.07) is 10.9. The molecule has 2 rings (SSSR count). The van der Waals surface area contributed by atoms with E-state index in [1.165, 1.54) is 22.3 Å². The zero-order valence-electron chi connectivity index (χ0n) is 16.4. The van der Waals surface area contributed by atoms with Crippen LogP contribution in [0.5, 0.6) is 0 Å². The third kappa shape index (κ3) is 6.17. The van der Waals surface area contributed by atoms with E-state index in [9.17, 15) is 0 Å². The first-order valence-electron chi connectivity index (χ1n) is 8.42. The highest BCUT2D eigenvalue weighted by atomic mass is 14.7. The number of nitrogens with zero attached hydrogens (tertiary/aromatic N) is 1. The first kappa shape index (κ1) is 19.4. The number of hydrogen-bond acceptors (Lipinski definition) is 1. The van der Waals surface area contributed by atoms with Crippen LogP contribution in [0.1, 0.15) is 69.5 Å². The Kier molecular flexibility index (Phi) is 6.16. The van der Waals surface area contributed by atoms with Crippen molar-refractivity contribution in [3.8, 4) is 0 Å². The molecule has 0 aliphatic rings. The fourth-order valence-corrected chi connectivity index (χ4v) is 2.12. The Labute approximate surface area is 143 Å². The van der Waals surface area contributed by atoms with Crippen LogP contribution in [0.25, 0.3) is 0 Å². The SMILES string of the molecule is Cc1ccc(C(C)(C)C)cc1C.Cc1ccc(C(C)(C)C)cn1. The molecule has 0 radical (unpaired) electrons. The topological polar surface area (TPSA) is 12.9 Å². The summed E-state index contributed by atoms with van der Waals surface area (Å²) >= 11 is 0. The maximum atomic E-state index is 4.25. The van der Waals surface area contributed by atoms with Gasteiger partial charge in [-0.3, -0.25) is 4.98 Å². The molecule has 126 valence electrons. The molecule has 0 spiro atoms. The van der Waals surface area contributed by atoms with Crippen molar-refractivity contribution in [3.63, 3.8) is 0 Å². The average molecular weight is 312 g/mol. The molecule has 2 aromatic rings. The molecule has 0 unspecified atom stereocenters. The predicted octanol–water partition coefficient (Wildman–Crippen LogP) is 6.29. The molecule has 1 aromatic heterocycles. The molecule has 1 aromatic carbocycles. The van der Waals surface area contributed by atoms with Crippen molar-refractivity contribution < 1.29 is 0 Å². The lowest BCUT2D eigenvalue weighted by Crippen LogP contribution is -2.11. The van der Waals surface area contributed by atoms with E-state index >= 15 is 0 Å². The van der Waals surface area contributed by atoms with Gasteiger partial charge in [0.05, 0.1) is 0 Å². The van der Waals surface area contributed by atoms with Crippen LogP contribution in [-0.4, -0.2) is 4.98 Å². The van der Waals surface area contributed by atoms with Gasteiger partial charge < -0.3 is 0 Å². The highest BCUT2D eigenvalue weighted by Crippen LogP contribution is 2.24. The maximum Gasteiger partial charge on any atom is 0.0372 e. The first-order valence-corrected chi connectivity index (χ1v) is 8.42. The summed E-state index contributed by atoms with van der Waals surface area (Å²) in [4.78, 5) is 4.25. The minimum Gasteiger partial charge on any atom is -0.261 e. The zero-order valence-corrected chi connectivity index (χ0v) is 16.4. The fourth-order valence-electron chi connectivity index (χ4n) is 2.12. The second kappa shape index (κ2) is 7.29. The van der Waals surface area contributed by atoms with Crippen molar-refractivity contribution >= 4 is 0 Å². The highest BCUT2D eigenvalue weighted by Gasteiger charge is 2.13. The van der Waals surface area contributed by atoms with E-state index in [4.69, 9.17) is 0 Å². The predicted molar refractivity (Wildman–Crippen MR) is 102 cm³/mol. The van der Waals surface area contributed by atoms with Gasteiger partial charge in [-0.05, 0) is 59.9 Å². The number of aryl methyl sites for hydroxylation is 3. The molecule has 1 nitrogen and oxygen atoms in total. The first-order chi connectivity index (χ1) is 10.4. The van der Waals surface area contributed by atoms with Crippen molar-refractivity contribution in [3.05, 3.63) is 64.5 Å². The summed E-state index contributed by atoms with van der Waals surface area (Å²) in [6.07, 6.45) is 1.95. The maximum absolute atomic E-state index is 4.25. The van der Waals surface area contributed by atoms with Crippen LogP contribution in [0, 0.1) is 20.8 Å². The Morgan fingerprint density at radius 3 is 1.57 bits per heavy atom. The lowest BCUT2D eigenvalue weighted by molar-refractivity contribution is 0.587. The van der Waals surface area contributed by atoms with Crippen LogP contribution in [0.15, 0.2) is 36.5 Å². The summed E-state index contributed by atoms with van der Waals surface area (Å²) < 4.78 is 0. The van der Waals surface area contributed by atoms with E-state index in [2.05, 4.69) is 90.7 Å². The van der Waals surface area contributed by atoms with Gasteiger partial charge in [0.1, 0.15) is 0 Å². The molecule has 0 saturated carbocycles. The summed E-state index contributed by atoms with van der Waals surface area (Å²) in [7, 11) is 0. The summed E-state index contributed by atoms with van der Waals surface area (Å²) in [5, 5.41) is 0. The molecule has 0 fully saturated rings. The number of aromatic nitrogens is 1. The molecule has 1 heteroatoms. The summed E-state index contributed by atoms with van der Waals surface area (Å²) in [5.41, 5.74) is 7.07. The van der Waals surface area contributed by atoms with Crippen LogP contribution in [0.3, 0.4) is 0 Å². The largest absolute Gasteiger partial charge is 0.261 e. The minimum absolute atomic E-state index is 0.223. The van der Waals surface area contributed by atoms with Gasteiger partial charge in [-0.1, -0.05) is 65.8 Å². The Hall–Kier alpha value is -1.63. The smallest absolute Gasteiger partial charge is 0.0372 e. The standard InChI is InChI=1S/C12H18.C10H15N/c1-9-6-7-11(8-10(9)2)12(3,4)5;1-8-5-6-9(7-11-8)10(2,3)4/h6-8H,1-5H3;5-7H,1-4H3. The molecule has 0 saturated heterocycles. The van der Waals surface area contributed by atoms with E-state index in [0.29, 0.717) is 0 Å². The second-order valence-electron chi connectivity index (χ2n) is 8.49. The quantitative estimate of drug-likeness (QED) is 0.557. The van der Waals surface area contributed by atoms with Crippen molar-refractivity contribution in [1.82, 2.24) is 4.98 Å². The Morgan fingerprint density at radius 1 is 0.652 bits per heavy atom. The fraction of sp³-hybridized carbons (Fsp3) is 0.500. The van der Waals surface area contributed by atoms with Crippen molar-refractivity contribution in [1.29, 1.82) is 0 Å². The summed E-state index contributed by atoms with van der Waals surface area (Å²) in [5.74, 6) is 0. The van der Waals surface area contributed by atoms with Gasteiger partial charge in [0, 0.05) is 11.9 Å². The third-order valence-corrected chi connectivity index (χ3v) is 4.15. The molecule has 0 aliphatic heterocycles. The minimum atomic E-state index is 0.223. The van der Waals surface area contributed by atoms with Gasteiger partial charge in [-0.2, -0.15) is 0 Å². The molecular formula is C22H33N. The lowest BCUT2D eigenvalue weighted by atomic mass is 9.85. The molecule has 1 heterocycles. The molecule has 0 bridgehead atoms. The normalized spacial score (nSPS) is 11.7. The molecular weight excluding hydrogens is 278 g/mol. The van der Waals surface area contributed by atoms with Crippen LogP contribution in [0.2, 0.25) is 0 Å². The van der Waals surface area contributed by atoms with Crippen LogP contribution in [0.4, 0.5) is 0 Å². The zero-order chi connectivity index (χ0) is 17.8. The van der Waals surface area contributed by atoms with E-state index in [1.54, 1.807) is 0 Å². The Bertz CT molecular complexity index is 623. The third-order valence-electron chi connectivity index (χ3n) is 4.15. The Balaban J connectivity index is 0.000000231. The van der Waals surface area contributed by atoms with Crippen LogP contribution in [-0.2, 0) is 10.8 Å². The molecule has 23 heavy (non-hydrogen) atoms.